The number of nitrogens with one attached hydrogen (secondary N) is 1. The number of carbonyl (C=O) groups is 1. The molecule has 1 aliphatic carbocycles. The number of amides is 1. The van der Waals surface area contributed by atoms with Crippen LogP contribution in [0.2, 0.25) is 0 Å². The van der Waals surface area contributed by atoms with Crippen molar-refractivity contribution >= 4 is 5.91 Å². The van der Waals surface area contributed by atoms with Gasteiger partial charge in [0, 0.05) is 19.9 Å². The Morgan fingerprint density at radius 3 is 2.60 bits per heavy atom. The molecule has 0 radical (unpaired) electrons. The first-order chi connectivity index (χ1) is 7.20. The molecule has 84 valence electrons. The maximum absolute atomic E-state index is 10.8. The van der Waals surface area contributed by atoms with Gasteiger partial charge in [-0.25, -0.2) is 0 Å². The summed E-state index contributed by atoms with van der Waals surface area (Å²) in [5, 5.41) is 2.92. The minimum atomic E-state index is 0.0869. The van der Waals surface area contributed by atoms with Gasteiger partial charge in [0.15, 0.2) is 0 Å². The Morgan fingerprint density at radius 2 is 2.07 bits per heavy atom. The van der Waals surface area contributed by atoms with Crippen LogP contribution >= 0.6 is 0 Å². The summed E-state index contributed by atoms with van der Waals surface area (Å²) in [4.78, 5) is 10.8. The van der Waals surface area contributed by atoms with Crippen molar-refractivity contribution in [3.8, 4) is 11.8 Å². The molecule has 2 unspecified atom stereocenters. The summed E-state index contributed by atoms with van der Waals surface area (Å²) in [5.41, 5.74) is 0. The number of hydrogen-bond acceptors (Lipinski definition) is 1. The van der Waals surface area contributed by atoms with Crippen molar-refractivity contribution in [2.45, 2.75) is 40.0 Å². The van der Waals surface area contributed by atoms with Crippen molar-refractivity contribution < 1.29 is 4.79 Å². The third-order valence-electron chi connectivity index (χ3n) is 3.35. The van der Waals surface area contributed by atoms with E-state index in [9.17, 15) is 4.79 Å². The Balaban J connectivity index is 2.25. The van der Waals surface area contributed by atoms with Crippen molar-refractivity contribution in [2.75, 3.05) is 6.54 Å². The molecule has 0 bridgehead atoms. The normalized spacial score (nSPS) is 27.8. The molecular formula is C13H21NO. The van der Waals surface area contributed by atoms with E-state index in [1.54, 1.807) is 6.92 Å². The first-order valence-electron chi connectivity index (χ1n) is 5.84. The standard InChI is InChI=1S/C13H21NO/c1-4-6-7-8-12-11(5-2)13(12)9-14-10(3)15/h11-13H,5,7-9H2,1-3H3,(H,14,15)/t11?,12?,13-/m0/s1. The third-order valence-corrected chi connectivity index (χ3v) is 3.35. The van der Waals surface area contributed by atoms with Crippen LogP contribution in [0.4, 0.5) is 0 Å². The number of hydrogen-bond donors (Lipinski definition) is 1. The maximum Gasteiger partial charge on any atom is 0.216 e. The third kappa shape index (κ3) is 3.58. The number of rotatable bonds is 5. The molecule has 1 fully saturated rings. The van der Waals surface area contributed by atoms with Gasteiger partial charge in [-0.05, 0) is 31.1 Å². The zero-order valence-electron chi connectivity index (χ0n) is 9.97. The summed E-state index contributed by atoms with van der Waals surface area (Å²) in [6.07, 6.45) is 3.44. The topological polar surface area (TPSA) is 29.1 Å². The molecule has 0 aliphatic heterocycles. The lowest BCUT2D eigenvalue weighted by molar-refractivity contribution is -0.119. The van der Waals surface area contributed by atoms with Crippen LogP contribution in [-0.4, -0.2) is 12.5 Å². The molecule has 2 nitrogen and oxygen atoms in total. The molecule has 0 aromatic carbocycles. The van der Waals surface area contributed by atoms with Gasteiger partial charge < -0.3 is 5.32 Å². The molecule has 0 aromatic rings. The second kappa shape index (κ2) is 5.80. The van der Waals surface area contributed by atoms with Crippen molar-refractivity contribution in [1.82, 2.24) is 5.32 Å². The van der Waals surface area contributed by atoms with Crippen LogP contribution in [0.3, 0.4) is 0 Å². The van der Waals surface area contributed by atoms with E-state index in [2.05, 4.69) is 24.1 Å². The van der Waals surface area contributed by atoms with Gasteiger partial charge in [-0.3, -0.25) is 4.79 Å². The molecular weight excluding hydrogens is 186 g/mol. The van der Waals surface area contributed by atoms with Gasteiger partial charge in [-0.15, -0.1) is 11.8 Å². The van der Waals surface area contributed by atoms with Crippen molar-refractivity contribution in [3.05, 3.63) is 0 Å². The van der Waals surface area contributed by atoms with E-state index in [1.165, 1.54) is 12.8 Å². The monoisotopic (exact) mass is 207 g/mol. The molecule has 15 heavy (non-hydrogen) atoms. The summed E-state index contributed by atoms with van der Waals surface area (Å²) in [6.45, 7) is 6.56. The first-order valence-corrected chi connectivity index (χ1v) is 5.84. The van der Waals surface area contributed by atoms with Crippen LogP contribution in [0.25, 0.3) is 0 Å². The van der Waals surface area contributed by atoms with Gasteiger partial charge in [0.2, 0.25) is 5.91 Å². The molecule has 0 spiro atoms. The predicted octanol–water partition coefficient (Wildman–Crippen LogP) is 2.20. The SMILES string of the molecule is CC#CCCC1C(CC)[C@@H]1CNC(C)=O. The highest BCUT2D eigenvalue weighted by atomic mass is 16.1. The average Bonchev–Trinajstić information content (AvgIpc) is 2.88. The van der Waals surface area contributed by atoms with Crippen LogP contribution in [-0.2, 0) is 4.79 Å². The molecule has 1 amide bonds. The summed E-state index contributed by atoms with van der Waals surface area (Å²) in [6, 6.07) is 0. The lowest BCUT2D eigenvalue weighted by Crippen LogP contribution is -2.23. The first kappa shape index (κ1) is 12.1. The van der Waals surface area contributed by atoms with Gasteiger partial charge in [0.25, 0.3) is 0 Å². The Bertz CT molecular complexity index is 274. The Morgan fingerprint density at radius 1 is 1.33 bits per heavy atom. The van der Waals surface area contributed by atoms with Crippen molar-refractivity contribution in [2.24, 2.45) is 17.8 Å². The molecule has 3 atom stereocenters. The Labute approximate surface area is 92.8 Å². The van der Waals surface area contributed by atoms with E-state index in [0.29, 0.717) is 5.92 Å². The van der Waals surface area contributed by atoms with E-state index in [-0.39, 0.29) is 5.91 Å². The molecule has 0 saturated heterocycles. The van der Waals surface area contributed by atoms with Crippen LogP contribution in [0, 0.1) is 29.6 Å². The van der Waals surface area contributed by atoms with Crippen molar-refractivity contribution in [3.63, 3.8) is 0 Å². The molecule has 1 aliphatic rings. The van der Waals surface area contributed by atoms with E-state index >= 15 is 0 Å². The second-order valence-corrected chi connectivity index (χ2v) is 4.30. The van der Waals surface area contributed by atoms with Gasteiger partial charge in [0.1, 0.15) is 0 Å². The van der Waals surface area contributed by atoms with Crippen molar-refractivity contribution in [1.29, 1.82) is 0 Å². The highest BCUT2D eigenvalue weighted by Gasteiger charge is 2.47. The lowest BCUT2D eigenvalue weighted by atomic mass is 10.1. The van der Waals surface area contributed by atoms with Crippen LogP contribution in [0.1, 0.15) is 40.0 Å². The minimum absolute atomic E-state index is 0.0869. The quantitative estimate of drug-likeness (QED) is 0.688. The fourth-order valence-corrected chi connectivity index (χ4v) is 2.49. The fourth-order valence-electron chi connectivity index (χ4n) is 2.49. The van der Waals surface area contributed by atoms with E-state index < -0.39 is 0 Å². The van der Waals surface area contributed by atoms with E-state index in [0.717, 1.165) is 24.8 Å². The molecule has 1 saturated carbocycles. The highest BCUT2D eigenvalue weighted by molar-refractivity contribution is 5.72. The van der Waals surface area contributed by atoms with E-state index in [1.807, 2.05) is 6.92 Å². The summed E-state index contributed by atoms with van der Waals surface area (Å²) in [5.74, 6) is 8.44. The van der Waals surface area contributed by atoms with Gasteiger partial charge in [0.05, 0.1) is 0 Å². The largest absolute Gasteiger partial charge is 0.356 e. The molecule has 1 rings (SSSR count). The van der Waals surface area contributed by atoms with Gasteiger partial charge in [-0.2, -0.15) is 0 Å². The zero-order chi connectivity index (χ0) is 11.3. The summed E-state index contributed by atoms with van der Waals surface area (Å²) in [7, 11) is 0. The predicted molar refractivity (Wildman–Crippen MR) is 62.1 cm³/mol. The molecule has 0 aromatic heterocycles. The highest BCUT2D eigenvalue weighted by Crippen LogP contribution is 2.50. The Kier molecular flexibility index (Phi) is 4.68. The van der Waals surface area contributed by atoms with Crippen LogP contribution in [0.5, 0.6) is 0 Å². The zero-order valence-corrected chi connectivity index (χ0v) is 9.97. The minimum Gasteiger partial charge on any atom is -0.356 e. The van der Waals surface area contributed by atoms with Gasteiger partial charge in [-0.1, -0.05) is 13.3 Å². The van der Waals surface area contributed by atoms with Crippen LogP contribution in [0.15, 0.2) is 0 Å². The average molecular weight is 207 g/mol. The fraction of sp³-hybridized carbons (Fsp3) is 0.769. The summed E-state index contributed by atoms with van der Waals surface area (Å²) < 4.78 is 0. The van der Waals surface area contributed by atoms with Crippen LogP contribution < -0.4 is 5.32 Å². The summed E-state index contributed by atoms with van der Waals surface area (Å²) >= 11 is 0. The Hall–Kier alpha value is -0.970. The second-order valence-electron chi connectivity index (χ2n) is 4.30. The molecule has 0 heterocycles. The smallest absolute Gasteiger partial charge is 0.216 e. The van der Waals surface area contributed by atoms with Gasteiger partial charge >= 0.3 is 0 Å². The molecule has 2 heteroatoms. The maximum atomic E-state index is 10.8. The van der Waals surface area contributed by atoms with E-state index in [4.69, 9.17) is 0 Å². The molecule has 1 N–H and O–H groups in total. The number of carbonyl (C=O) groups excluding carboxylic acids is 1. The lowest BCUT2D eigenvalue weighted by Gasteiger charge is -1.99.